The van der Waals surface area contributed by atoms with Crippen molar-refractivity contribution in [3.05, 3.63) is 23.1 Å². The second-order valence-electron chi connectivity index (χ2n) is 5.50. The first-order valence-electron chi connectivity index (χ1n) is 5.61. The van der Waals surface area contributed by atoms with Crippen LogP contribution in [0.4, 0.5) is 0 Å². The normalized spacial score (nSPS) is 35.1. The van der Waals surface area contributed by atoms with E-state index in [0.717, 1.165) is 18.3 Å². The predicted octanol–water partition coefficient (Wildman–Crippen LogP) is 3.68. The summed E-state index contributed by atoms with van der Waals surface area (Å²) in [5.41, 5.74) is 2.09. The van der Waals surface area contributed by atoms with Gasteiger partial charge in [-0.25, -0.2) is 6.57 Å². The van der Waals surface area contributed by atoms with Crippen molar-refractivity contribution in [1.82, 2.24) is 0 Å². The molecule has 0 N–H and O–H groups in total. The summed E-state index contributed by atoms with van der Waals surface area (Å²) in [6.45, 7) is 13.8. The SMILES string of the molecule is [C-]#[N+]C(C)CC1=CC[C@H]2C[C@@H]1C2(C)C. The van der Waals surface area contributed by atoms with Gasteiger partial charge in [0, 0.05) is 13.3 Å². The van der Waals surface area contributed by atoms with E-state index in [4.69, 9.17) is 6.57 Å². The molecule has 0 spiro atoms. The van der Waals surface area contributed by atoms with Gasteiger partial charge in [0.1, 0.15) is 0 Å². The first kappa shape index (κ1) is 9.77. The zero-order valence-electron chi connectivity index (χ0n) is 9.38. The molecule has 1 unspecified atom stereocenters. The van der Waals surface area contributed by atoms with Gasteiger partial charge in [0.05, 0.1) is 0 Å². The largest absolute Gasteiger partial charge is 0.314 e. The van der Waals surface area contributed by atoms with Gasteiger partial charge in [-0.15, -0.1) is 0 Å². The Morgan fingerprint density at radius 1 is 1.64 bits per heavy atom. The van der Waals surface area contributed by atoms with Crippen LogP contribution in [0.1, 0.15) is 40.0 Å². The Balaban J connectivity index is 2.08. The van der Waals surface area contributed by atoms with Gasteiger partial charge in [-0.1, -0.05) is 25.5 Å². The minimum atomic E-state index is 0.175. The summed E-state index contributed by atoms with van der Waals surface area (Å²) in [5, 5.41) is 0. The van der Waals surface area contributed by atoms with Crippen molar-refractivity contribution in [3.63, 3.8) is 0 Å². The minimum Gasteiger partial charge on any atom is -0.314 e. The van der Waals surface area contributed by atoms with E-state index >= 15 is 0 Å². The van der Waals surface area contributed by atoms with Crippen LogP contribution < -0.4 is 0 Å². The van der Waals surface area contributed by atoms with Gasteiger partial charge in [-0.2, -0.15) is 0 Å². The van der Waals surface area contributed by atoms with Crippen LogP contribution in [0.25, 0.3) is 4.85 Å². The van der Waals surface area contributed by atoms with E-state index in [9.17, 15) is 0 Å². The van der Waals surface area contributed by atoms with Crippen molar-refractivity contribution in [2.75, 3.05) is 0 Å². The third kappa shape index (κ3) is 1.29. The lowest BCUT2D eigenvalue weighted by Gasteiger charge is -2.56. The van der Waals surface area contributed by atoms with Gasteiger partial charge < -0.3 is 4.85 Å². The van der Waals surface area contributed by atoms with E-state index in [1.807, 2.05) is 6.92 Å². The maximum Gasteiger partial charge on any atom is 0.224 e. The summed E-state index contributed by atoms with van der Waals surface area (Å²) in [7, 11) is 0. The molecule has 3 aliphatic rings. The van der Waals surface area contributed by atoms with E-state index in [2.05, 4.69) is 24.8 Å². The number of rotatable bonds is 2. The molecule has 2 bridgehead atoms. The zero-order valence-corrected chi connectivity index (χ0v) is 9.38. The standard InChI is InChI=1S/C13H19N/c1-9(14-4)7-10-5-6-11-8-12(10)13(11,2)3/h5,9,11-12H,6-8H2,1-3H3/t9?,11-,12-/m0/s1. The van der Waals surface area contributed by atoms with Gasteiger partial charge in [-0.3, -0.25) is 0 Å². The molecule has 0 aromatic carbocycles. The van der Waals surface area contributed by atoms with Gasteiger partial charge >= 0.3 is 0 Å². The van der Waals surface area contributed by atoms with Crippen molar-refractivity contribution < 1.29 is 0 Å². The Morgan fingerprint density at radius 3 is 2.86 bits per heavy atom. The van der Waals surface area contributed by atoms with Crippen LogP contribution in [0, 0.1) is 23.8 Å². The molecular formula is C13H19N. The highest BCUT2D eigenvalue weighted by Crippen LogP contribution is 2.59. The Bertz CT molecular complexity index is 306. The number of allylic oxidation sites excluding steroid dienone is 1. The Kier molecular flexibility index (Phi) is 2.18. The van der Waals surface area contributed by atoms with Crippen LogP contribution in [0.5, 0.6) is 0 Å². The van der Waals surface area contributed by atoms with Gasteiger partial charge in [-0.05, 0) is 30.1 Å². The van der Waals surface area contributed by atoms with Crippen LogP contribution in [-0.2, 0) is 0 Å². The van der Waals surface area contributed by atoms with Crippen molar-refractivity contribution in [1.29, 1.82) is 0 Å². The minimum absolute atomic E-state index is 0.175. The van der Waals surface area contributed by atoms with E-state index in [1.54, 1.807) is 5.57 Å². The second-order valence-corrected chi connectivity index (χ2v) is 5.50. The van der Waals surface area contributed by atoms with E-state index < -0.39 is 0 Å². The van der Waals surface area contributed by atoms with Crippen LogP contribution in [-0.4, -0.2) is 6.04 Å². The quantitative estimate of drug-likeness (QED) is 0.461. The molecular weight excluding hydrogens is 170 g/mol. The molecule has 1 saturated carbocycles. The summed E-state index contributed by atoms with van der Waals surface area (Å²) in [5.74, 6) is 1.70. The fourth-order valence-corrected chi connectivity index (χ4v) is 3.09. The zero-order chi connectivity index (χ0) is 10.3. The maximum atomic E-state index is 7.00. The lowest BCUT2D eigenvalue weighted by Crippen LogP contribution is -2.48. The average molecular weight is 189 g/mol. The van der Waals surface area contributed by atoms with E-state index in [-0.39, 0.29) is 6.04 Å². The molecule has 0 heterocycles. The molecule has 0 amide bonds. The highest BCUT2D eigenvalue weighted by atomic mass is 14.7. The molecule has 1 heteroatoms. The van der Waals surface area contributed by atoms with Crippen molar-refractivity contribution in [2.24, 2.45) is 17.3 Å². The molecule has 0 saturated heterocycles. The summed E-state index contributed by atoms with van der Waals surface area (Å²) in [6.07, 6.45) is 6.04. The smallest absolute Gasteiger partial charge is 0.224 e. The number of fused-ring (bicyclic) bond motifs is 1. The lowest BCUT2D eigenvalue weighted by molar-refractivity contribution is -0.00836. The van der Waals surface area contributed by atoms with E-state index in [1.165, 1.54) is 12.8 Å². The number of hydrogen-bond donors (Lipinski definition) is 0. The monoisotopic (exact) mass is 189 g/mol. The Labute approximate surface area is 87.0 Å². The summed E-state index contributed by atoms with van der Waals surface area (Å²) < 4.78 is 0. The number of nitrogens with zero attached hydrogens (tertiary/aromatic N) is 1. The van der Waals surface area contributed by atoms with Crippen LogP contribution in [0.15, 0.2) is 11.6 Å². The summed E-state index contributed by atoms with van der Waals surface area (Å²) >= 11 is 0. The fraction of sp³-hybridized carbons (Fsp3) is 0.769. The predicted molar refractivity (Wildman–Crippen MR) is 58.8 cm³/mol. The molecule has 3 rings (SSSR count). The highest BCUT2D eigenvalue weighted by Gasteiger charge is 2.51. The third-order valence-electron chi connectivity index (χ3n) is 4.33. The number of hydrogen-bond acceptors (Lipinski definition) is 0. The fourth-order valence-electron chi connectivity index (χ4n) is 3.09. The van der Waals surface area contributed by atoms with Gasteiger partial charge in [0.15, 0.2) is 0 Å². The van der Waals surface area contributed by atoms with Crippen molar-refractivity contribution >= 4 is 0 Å². The average Bonchev–Trinajstić information content (AvgIpc) is 2.17. The van der Waals surface area contributed by atoms with Crippen LogP contribution >= 0.6 is 0 Å². The molecule has 3 atom stereocenters. The molecule has 0 radical (unpaired) electrons. The van der Waals surface area contributed by atoms with Gasteiger partial charge in [0.2, 0.25) is 6.04 Å². The summed E-state index contributed by atoms with van der Waals surface area (Å²) in [6, 6.07) is 0.175. The molecule has 14 heavy (non-hydrogen) atoms. The summed E-state index contributed by atoms with van der Waals surface area (Å²) in [4.78, 5) is 3.59. The molecule has 0 aromatic heterocycles. The molecule has 1 nitrogen and oxygen atoms in total. The van der Waals surface area contributed by atoms with Crippen LogP contribution in [0.2, 0.25) is 0 Å². The lowest BCUT2D eigenvalue weighted by atomic mass is 9.48. The molecule has 0 aliphatic heterocycles. The second kappa shape index (κ2) is 3.12. The third-order valence-corrected chi connectivity index (χ3v) is 4.33. The molecule has 0 aromatic rings. The topological polar surface area (TPSA) is 4.36 Å². The van der Waals surface area contributed by atoms with Crippen molar-refractivity contribution in [2.45, 2.75) is 46.1 Å². The first-order chi connectivity index (χ1) is 6.55. The molecule has 76 valence electrons. The first-order valence-corrected chi connectivity index (χ1v) is 5.61. The maximum absolute atomic E-state index is 7.00. The van der Waals surface area contributed by atoms with E-state index in [0.29, 0.717) is 5.41 Å². The van der Waals surface area contributed by atoms with Gasteiger partial charge in [0.25, 0.3) is 0 Å². The molecule has 1 fully saturated rings. The highest BCUT2D eigenvalue weighted by molar-refractivity contribution is 5.24. The Hall–Kier alpha value is -0.770. The van der Waals surface area contributed by atoms with Crippen molar-refractivity contribution in [3.8, 4) is 0 Å². The Morgan fingerprint density at radius 2 is 2.36 bits per heavy atom. The molecule has 3 aliphatic carbocycles. The van der Waals surface area contributed by atoms with Crippen LogP contribution in [0.3, 0.4) is 0 Å².